The van der Waals surface area contributed by atoms with Crippen LogP contribution >= 0.6 is 11.8 Å². The number of ether oxygens (including phenoxy) is 1. The zero-order valence-corrected chi connectivity index (χ0v) is 11.1. The van der Waals surface area contributed by atoms with Crippen LogP contribution in [0.3, 0.4) is 0 Å². The van der Waals surface area contributed by atoms with Crippen molar-refractivity contribution in [2.24, 2.45) is 0 Å². The zero-order valence-electron chi connectivity index (χ0n) is 10.3. The highest BCUT2D eigenvalue weighted by Gasteiger charge is 2.08. The van der Waals surface area contributed by atoms with Gasteiger partial charge in [-0.25, -0.2) is 4.98 Å². The van der Waals surface area contributed by atoms with Crippen molar-refractivity contribution in [2.45, 2.75) is 9.92 Å². The maximum Gasteiger partial charge on any atom is 0.144 e. The van der Waals surface area contributed by atoms with E-state index in [0.29, 0.717) is 10.7 Å². The van der Waals surface area contributed by atoms with Gasteiger partial charge in [-0.3, -0.25) is 0 Å². The van der Waals surface area contributed by atoms with E-state index < -0.39 is 0 Å². The Morgan fingerprint density at radius 3 is 2.47 bits per heavy atom. The van der Waals surface area contributed by atoms with Crippen LogP contribution in [0.15, 0.2) is 40.3 Å². The number of pyridine rings is 1. The summed E-state index contributed by atoms with van der Waals surface area (Å²) in [4.78, 5) is 5.13. The number of nitrogens with two attached hydrogens (primary N) is 2. The van der Waals surface area contributed by atoms with Crippen molar-refractivity contribution in [3.63, 3.8) is 0 Å². The molecule has 2 rings (SSSR count). The van der Waals surface area contributed by atoms with E-state index in [1.54, 1.807) is 13.2 Å². The number of nitrogens with zero attached hydrogens (tertiary/aromatic N) is 2. The largest absolute Gasteiger partial charge is 0.497 e. The normalized spacial score (nSPS) is 9.89. The lowest BCUT2D eigenvalue weighted by molar-refractivity contribution is 0.414. The minimum absolute atomic E-state index is 0.151. The third-order valence-electron chi connectivity index (χ3n) is 2.45. The Morgan fingerprint density at radius 1 is 1.26 bits per heavy atom. The van der Waals surface area contributed by atoms with Crippen LogP contribution in [0.5, 0.6) is 5.75 Å². The number of nitrogen functional groups attached to an aromatic ring is 2. The summed E-state index contributed by atoms with van der Waals surface area (Å²) < 4.78 is 5.09. The first kappa shape index (κ1) is 13.1. The summed E-state index contributed by atoms with van der Waals surface area (Å²) in [6, 6.07) is 11.1. The van der Waals surface area contributed by atoms with Crippen molar-refractivity contribution in [3.05, 3.63) is 35.9 Å². The fourth-order valence-electron chi connectivity index (χ4n) is 1.50. The van der Waals surface area contributed by atoms with Gasteiger partial charge in [-0.05, 0) is 30.3 Å². The maximum absolute atomic E-state index is 8.87. The third-order valence-corrected chi connectivity index (χ3v) is 3.37. The fourth-order valence-corrected chi connectivity index (χ4v) is 2.34. The first-order valence-corrected chi connectivity index (χ1v) is 6.23. The van der Waals surface area contributed by atoms with E-state index in [9.17, 15) is 0 Å². The van der Waals surface area contributed by atoms with Crippen molar-refractivity contribution in [1.29, 1.82) is 5.26 Å². The molecule has 2 aromatic rings. The minimum Gasteiger partial charge on any atom is -0.497 e. The topological polar surface area (TPSA) is 98.0 Å². The summed E-state index contributed by atoms with van der Waals surface area (Å²) in [6.07, 6.45) is 0. The molecule has 0 aliphatic carbocycles. The van der Waals surface area contributed by atoms with Crippen molar-refractivity contribution < 1.29 is 4.74 Å². The van der Waals surface area contributed by atoms with E-state index in [2.05, 4.69) is 4.98 Å². The molecule has 0 saturated carbocycles. The summed E-state index contributed by atoms with van der Waals surface area (Å²) in [5.74, 6) is 0.940. The van der Waals surface area contributed by atoms with E-state index in [0.717, 1.165) is 10.6 Å². The van der Waals surface area contributed by atoms with Crippen LogP contribution in [0.25, 0.3) is 0 Å². The summed E-state index contributed by atoms with van der Waals surface area (Å²) in [6.45, 7) is 0. The molecule has 0 bridgehead atoms. The first-order valence-electron chi connectivity index (χ1n) is 5.42. The quantitative estimate of drug-likeness (QED) is 0.889. The Morgan fingerprint density at radius 2 is 1.95 bits per heavy atom. The Kier molecular flexibility index (Phi) is 3.78. The number of benzene rings is 1. The molecule has 1 heterocycles. The number of aromatic nitrogens is 1. The number of methoxy groups -OCH3 is 1. The van der Waals surface area contributed by atoms with E-state index in [1.165, 1.54) is 11.8 Å². The molecule has 0 amide bonds. The van der Waals surface area contributed by atoms with E-state index in [1.807, 2.05) is 30.3 Å². The summed E-state index contributed by atoms with van der Waals surface area (Å²) in [5.41, 5.74) is 12.0. The average Bonchev–Trinajstić information content (AvgIpc) is 2.39. The number of hydrogen-bond acceptors (Lipinski definition) is 6. The monoisotopic (exact) mass is 272 g/mol. The second-order valence-corrected chi connectivity index (χ2v) is 4.79. The van der Waals surface area contributed by atoms with Crippen LogP contribution in [0.1, 0.15) is 5.56 Å². The average molecular weight is 272 g/mol. The smallest absolute Gasteiger partial charge is 0.144 e. The van der Waals surface area contributed by atoms with E-state index in [4.69, 9.17) is 21.5 Å². The molecule has 0 unspecified atom stereocenters. The molecular weight excluding hydrogens is 260 g/mol. The lowest BCUT2D eigenvalue weighted by Gasteiger charge is -2.06. The number of rotatable bonds is 3. The summed E-state index contributed by atoms with van der Waals surface area (Å²) in [5, 5.41) is 9.52. The van der Waals surface area contributed by atoms with Crippen molar-refractivity contribution in [2.75, 3.05) is 18.6 Å². The molecule has 6 heteroatoms. The fraction of sp³-hybridized carbons (Fsp3) is 0.0769. The standard InChI is InChI=1S/C13H12N4OS/c1-18-8-2-4-9(5-3-8)19-12-6-11(15)10(7-14)13(16)17-12/h2-6H,1H3,(H4,15,16,17). The van der Waals surface area contributed by atoms with Gasteiger partial charge in [0, 0.05) is 4.90 Å². The van der Waals surface area contributed by atoms with Gasteiger partial charge in [-0.2, -0.15) is 5.26 Å². The lowest BCUT2D eigenvalue weighted by Crippen LogP contribution is -2.00. The van der Waals surface area contributed by atoms with Crippen LogP contribution in [-0.2, 0) is 0 Å². The number of anilines is 2. The third kappa shape index (κ3) is 2.89. The van der Waals surface area contributed by atoms with Crippen LogP contribution in [0, 0.1) is 11.3 Å². The molecule has 0 saturated heterocycles. The molecule has 4 N–H and O–H groups in total. The Balaban J connectivity index is 2.26. The molecule has 0 fully saturated rings. The van der Waals surface area contributed by atoms with Crippen LogP contribution in [-0.4, -0.2) is 12.1 Å². The van der Waals surface area contributed by atoms with Crippen molar-refractivity contribution in [1.82, 2.24) is 4.98 Å². The van der Waals surface area contributed by atoms with Crippen LogP contribution in [0.4, 0.5) is 11.5 Å². The molecule has 0 radical (unpaired) electrons. The molecule has 19 heavy (non-hydrogen) atoms. The van der Waals surface area contributed by atoms with Crippen molar-refractivity contribution >= 4 is 23.3 Å². The van der Waals surface area contributed by atoms with Crippen LogP contribution < -0.4 is 16.2 Å². The Hall–Kier alpha value is -2.39. The molecule has 1 aromatic carbocycles. The van der Waals surface area contributed by atoms with Gasteiger partial charge in [0.05, 0.1) is 12.8 Å². The minimum atomic E-state index is 0.151. The van der Waals surface area contributed by atoms with Crippen molar-refractivity contribution in [3.8, 4) is 11.8 Å². The molecule has 96 valence electrons. The Bertz CT molecular complexity index is 611. The highest BCUT2D eigenvalue weighted by molar-refractivity contribution is 7.99. The SMILES string of the molecule is COc1ccc(Sc2cc(N)c(C#N)c(N)n2)cc1. The predicted octanol–water partition coefficient (Wildman–Crippen LogP) is 2.28. The summed E-state index contributed by atoms with van der Waals surface area (Å²) in [7, 11) is 1.62. The molecule has 0 aliphatic rings. The van der Waals surface area contributed by atoms with Gasteiger partial charge in [0.2, 0.25) is 0 Å². The lowest BCUT2D eigenvalue weighted by atomic mass is 10.2. The van der Waals surface area contributed by atoms with E-state index in [-0.39, 0.29) is 11.4 Å². The molecule has 1 aromatic heterocycles. The van der Waals surface area contributed by atoms with E-state index >= 15 is 0 Å². The second kappa shape index (κ2) is 5.50. The Labute approximate surface area is 115 Å². The number of hydrogen-bond donors (Lipinski definition) is 2. The van der Waals surface area contributed by atoms with Gasteiger partial charge in [0.15, 0.2) is 0 Å². The molecule has 0 spiro atoms. The molecular formula is C13H12N4OS. The molecule has 0 atom stereocenters. The zero-order chi connectivity index (χ0) is 13.8. The highest BCUT2D eigenvalue weighted by atomic mass is 32.2. The molecule has 0 aliphatic heterocycles. The van der Waals surface area contributed by atoms with Gasteiger partial charge < -0.3 is 16.2 Å². The van der Waals surface area contributed by atoms with Crippen LogP contribution in [0.2, 0.25) is 0 Å². The van der Waals surface area contributed by atoms with Gasteiger partial charge in [-0.15, -0.1) is 0 Å². The van der Waals surface area contributed by atoms with Gasteiger partial charge in [0.1, 0.15) is 28.2 Å². The first-order chi connectivity index (χ1) is 9.13. The maximum atomic E-state index is 8.87. The predicted molar refractivity (Wildman–Crippen MR) is 74.9 cm³/mol. The van der Waals surface area contributed by atoms with Gasteiger partial charge in [0.25, 0.3) is 0 Å². The summed E-state index contributed by atoms with van der Waals surface area (Å²) >= 11 is 1.42. The molecule has 5 nitrogen and oxygen atoms in total. The van der Waals surface area contributed by atoms with Gasteiger partial charge in [-0.1, -0.05) is 11.8 Å². The van der Waals surface area contributed by atoms with Gasteiger partial charge >= 0.3 is 0 Å². The second-order valence-electron chi connectivity index (χ2n) is 3.70. The number of nitriles is 1. The highest BCUT2D eigenvalue weighted by Crippen LogP contribution is 2.31.